The Morgan fingerprint density at radius 3 is 2.89 bits per heavy atom. The Morgan fingerprint density at radius 1 is 1.42 bits per heavy atom. The number of likely N-dealkylation sites (N-methyl/N-ethyl adjacent to an activating group) is 1. The standard InChI is InChI=1S/C14H16N2O2S/c1-3-8-15-13(17)9-12-14(18)16(2)10-6-4-5-7-11(10)19-12/h4-7,9H,3,8H2,1-2H3,(H,15,17)/b12-9+. The zero-order valence-corrected chi connectivity index (χ0v) is 11.8. The number of hydrogen-bond acceptors (Lipinski definition) is 3. The monoisotopic (exact) mass is 276 g/mol. The molecule has 1 aliphatic rings. The molecule has 1 heterocycles. The molecule has 2 amide bonds. The van der Waals surface area contributed by atoms with Gasteiger partial charge in [-0.2, -0.15) is 0 Å². The van der Waals surface area contributed by atoms with Crippen LogP contribution in [0.15, 0.2) is 40.1 Å². The number of thioether (sulfide) groups is 1. The van der Waals surface area contributed by atoms with E-state index in [0.717, 1.165) is 17.0 Å². The van der Waals surface area contributed by atoms with Crippen molar-refractivity contribution in [3.63, 3.8) is 0 Å². The topological polar surface area (TPSA) is 49.4 Å². The number of hydrogen-bond donors (Lipinski definition) is 1. The Hall–Kier alpha value is -1.75. The summed E-state index contributed by atoms with van der Waals surface area (Å²) in [5.41, 5.74) is 0.878. The number of para-hydroxylation sites is 1. The van der Waals surface area contributed by atoms with Crippen molar-refractivity contribution in [3.8, 4) is 0 Å². The molecule has 1 N–H and O–H groups in total. The van der Waals surface area contributed by atoms with Crippen LogP contribution in [0.3, 0.4) is 0 Å². The van der Waals surface area contributed by atoms with E-state index in [4.69, 9.17) is 0 Å². The number of fused-ring (bicyclic) bond motifs is 1. The predicted octanol–water partition coefficient (Wildman–Crippen LogP) is 2.17. The van der Waals surface area contributed by atoms with Gasteiger partial charge in [0.25, 0.3) is 5.91 Å². The van der Waals surface area contributed by atoms with Gasteiger partial charge in [0.2, 0.25) is 5.91 Å². The van der Waals surface area contributed by atoms with Crippen LogP contribution in [0, 0.1) is 0 Å². The number of rotatable bonds is 3. The second kappa shape index (κ2) is 5.93. The molecule has 0 spiro atoms. The minimum atomic E-state index is -0.217. The van der Waals surface area contributed by atoms with Crippen molar-refractivity contribution in [2.24, 2.45) is 0 Å². The fourth-order valence-electron chi connectivity index (χ4n) is 1.77. The Kier molecular flexibility index (Phi) is 4.27. The first kappa shape index (κ1) is 13.7. The maximum atomic E-state index is 12.2. The summed E-state index contributed by atoms with van der Waals surface area (Å²) >= 11 is 1.34. The summed E-state index contributed by atoms with van der Waals surface area (Å²) in [7, 11) is 1.72. The van der Waals surface area contributed by atoms with Crippen LogP contribution in [0.4, 0.5) is 5.69 Å². The quantitative estimate of drug-likeness (QED) is 0.861. The molecule has 0 aromatic heterocycles. The van der Waals surface area contributed by atoms with Crippen LogP contribution in [0.25, 0.3) is 0 Å². The highest BCUT2D eigenvalue weighted by Crippen LogP contribution is 2.40. The van der Waals surface area contributed by atoms with Crippen molar-refractivity contribution in [2.45, 2.75) is 18.2 Å². The summed E-state index contributed by atoms with van der Waals surface area (Å²) in [5, 5.41) is 2.74. The summed E-state index contributed by atoms with van der Waals surface area (Å²) < 4.78 is 0. The lowest BCUT2D eigenvalue weighted by Crippen LogP contribution is -2.31. The highest BCUT2D eigenvalue weighted by atomic mass is 32.2. The van der Waals surface area contributed by atoms with Crippen molar-refractivity contribution in [1.29, 1.82) is 0 Å². The molecule has 0 radical (unpaired) electrons. The van der Waals surface area contributed by atoms with E-state index < -0.39 is 0 Å². The Bertz CT molecular complexity index is 540. The lowest BCUT2D eigenvalue weighted by atomic mass is 10.2. The van der Waals surface area contributed by atoms with Crippen LogP contribution in [0.1, 0.15) is 13.3 Å². The Morgan fingerprint density at radius 2 is 2.16 bits per heavy atom. The number of carbonyl (C=O) groups is 2. The van der Waals surface area contributed by atoms with Crippen LogP contribution >= 0.6 is 11.8 Å². The van der Waals surface area contributed by atoms with Crippen molar-refractivity contribution >= 4 is 29.3 Å². The smallest absolute Gasteiger partial charge is 0.265 e. The minimum absolute atomic E-state index is 0.143. The molecule has 1 aliphatic heterocycles. The normalized spacial score (nSPS) is 16.4. The highest BCUT2D eigenvalue weighted by Gasteiger charge is 2.26. The lowest BCUT2D eigenvalue weighted by molar-refractivity contribution is -0.117. The number of nitrogens with one attached hydrogen (secondary N) is 1. The first-order valence-electron chi connectivity index (χ1n) is 6.18. The summed E-state index contributed by atoms with van der Waals surface area (Å²) in [4.78, 5) is 26.8. The van der Waals surface area contributed by atoms with Crippen LogP contribution in [-0.4, -0.2) is 25.4 Å². The molecule has 0 atom stereocenters. The van der Waals surface area contributed by atoms with Gasteiger partial charge in [0.1, 0.15) is 0 Å². The molecule has 0 saturated heterocycles. The lowest BCUT2D eigenvalue weighted by Gasteiger charge is -2.26. The van der Waals surface area contributed by atoms with E-state index in [-0.39, 0.29) is 11.8 Å². The first-order valence-corrected chi connectivity index (χ1v) is 6.99. The Labute approximate surface area is 116 Å². The third-order valence-electron chi connectivity index (χ3n) is 2.77. The van der Waals surface area contributed by atoms with Crippen molar-refractivity contribution < 1.29 is 9.59 Å². The fraction of sp³-hybridized carbons (Fsp3) is 0.286. The molecule has 2 rings (SSSR count). The van der Waals surface area contributed by atoms with E-state index in [1.54, 1.807) is 11.9 Å². The molecule has 5 heteroatoms. The van der Waals surface area contributed by atoms with E-state index in [1.807, 2.05) is 31.2 Å². The molecule has 4 nitrogen and oxygen atoms in total. The zero-order chi connectivity index (χ0) is 13.8. The number of carbonyl (C=O) groups excluding carboxylic acids is 2. The zero-order valence-electron chi connectivity index (χ0n) is 11.0. The molecule has 0 unspecified atom stereocenters. The number of benzene rings is 1. The summed E-state index contributed by atoms with van der Waals surface area (Å²) in [6.07, 6.45) is 2.26. The molecule has 1 aromatic carbocycles. The molecule has 0 saturated carbocycles. The van der Waals surface area contributed by atoms with E-state index in [2.05, 4.69) is 5.32 Å². The van der Waals surface area contributed by atoms with Crippen molar-refractivity contribution in [3.05, 3.63) is 35.2 Å². The molecule has 100 valence electrons. The minimum Gasteiger partial charge on any atom is -0.353 e. The molecule has 0 fully saturated rings. The van der Waals surface area contributed by atoms with Gasteiger partial charge in [-0.15, -0.1) is 0 Å². The van der Waals surface area contributed by atoms with Gasteiger partial charge in [-0.25, -0.2) is 0 Å². The second-order valence-corrected chi connectivity index (χ2v) is 5.32. The van der Waals surface area contributed by atoms with Crippen LogP contribution in [0.5, 0.6) is 0 Å². The molecule has 0 aliphatic carbocycles. The number of amides is 2. The first-order chi connectivity index (χ1) is 9.13. The molecular weight excluding hydrogens is 260 g/mol. The summed E-state index contributed by atoms with van der Waals surface area (Å²) in [5.74, 6) is -0.360. The van der Waals surface area contributed by atoms with E-state index in [9.17, 15) is 9.59 Å². The van der Waals surface area contributed by atoms with Gasteiger partial charge in [0.15, 0.2) is 0 Å². The average molecular weight is 276 g/mol. The van der Waals surface area contributed by atoms with Gasteiger partial charge >= 0.3 is 0 Å². The van der Waals surface area contributed by atoms with Gasteiger partial charge in [-0.3, -0.25) is 9.59 Å². The van der Waals surface area contributed by atoms with Gasteiger partial charge in [-0.1, -0.05) is 30.8 Å². The average Bonchev–Trinajstić information content (AvgIpc) is 2.42. The fourth-order valence-corrected chi connectivity index (χ4v) is 2.85. The third kappa shape index (κ3) is 2.98. The largest absolute Gasteiger partial charge is 0.353 e. The highest BCUT2D eigenvalue weighted by molar-refractivity contribution is 8.04. The number of anilines is 1. The van der Waals surface area contributed by atoms with E-state index >= 15 is 0 Å². The SMILES string of the molecule is CCCNC(=O)/C=C1/Sc2ccccc2N(C)C1=O. The van der Waals surface area contributed by atoms with Gasteiger partial charge in [-0.05, 0) is 18.6 Å². The van der Waals surface area contributed by atoms with E-state index in [0.29, 0.717) is 11.4 Å². The summed E-state index contributed by atoms with van der Waals surface area (Å²) in [6.45, 7) is 2.60. The van der Waals surface area contributed by atoms with Crippen LogP contribution in [-0.2, 0) is 9.59 Å². The predicted molar refractivity (Wildman–Crippen MR) is 77.1 cm³/mol. The summed E-state index contributed by atoms with van der Waals surface area (Å²) in [6, 6.07) is 7.66. The number of nitrogens with zero attached hydrogens (tertiary/aromatic N) is 1. The van der Waals surface area contributed by atoms with Crippen LogP contribution < -0.4 is 10.2 Å². The van der Waals surface area contributed by atoms with E-state index in [1.165, 1.54) is 17.8 Å². The van der Waals surface area contributed by atoms with Crippen molar-refractivity contribution in [2.75, 3.05) is 18.5 Å². The van der Waals surface area contributed by atoms with Gasteiger partial charge in [0.05, 0.1) is 10.6 Å². The third-order valence-corrected chi connectivity index (χ3v) is 3.85. The van der Waals surface area contributed by atoms with Gasteiger partial charge < -0.3 is 10.2 Å². The van der Waals surface area contributed by atoms with Crippen molar-refractivity contribution in [1.82, 2.24) is 5.32 Å². The second-order valence-electron chi connectivity index (χ2n) is 4.23. The molecule has 1 aromatic rings. The maximum Gasteiger partial charge on any atom is 0.265 e. The Balaban J connectivity index is 2.23. The molecule has 19 heavy (non-hydrogen) atoms. The van der Waals surface area contributed by atoms with Crippen LogP contribution in [0.2, 0.25) is 0 Å². The molecular formula is C14H16N2O2S. The maximum absolute atomic E-state index is 12.2. The molecule has 0 bridgehead atoms. The van der Waals surface area contributed by atoms with Gasteiger partial charge in [0, 0.05) is 24.6 Å².